The molecule has 0 saturated carbocycles. The van der Waals surface area contributed by atoms with Crippen LogP contribution in [0.3, 0.4) is 0 Å². The maximum absolute atomic E-state index is 12.8. The van der Waals surface area contributed by atoms with Crippen LogP contribution < -0.4 is 10.9 Å². The van der Waals surface area contributed by atoms with Gasteiger partial charge in [0.15, 0.2) is 5.16 Å². The molecule has 0 spiro atoms. The Morgan fingerprint density at radius 1 is 1.17 bits per heavy atom. The van der Waals surface area contributed by atoms with Gasteiger partial charge in [-0.05, 0) is 43.7 Å². The van der Waals surface area contributed by atoms with E-state index in [0.717, 1.165) is 0 Å². The van der Waals surface area contributed by atoms with E-state index in [2.05, 4.69) is 10.3 Å². The van der Waals surface area contributed by atoms with Crippen LogP contribution in [0.2, 0.25) is 0 Å². The molecule has 0 fully saturated rings. The second kappa shape index (κ2) is 8.91. The van der Waals surface area contributed by atoms with Crippen molar-refractivity contribution < 1.29 is 14.7 Å². The third kappa shape index (κ3) is 4.48. The van der Waals surface area contributed by atoms with E-state index >= 15 is 0 Å². The third-order valence-corrected chi connectivity index (χ3v) is 5.79. The van der Waals surface area contributed by atoms with Gasteiger partial charge in [-0.2, -0.15) is 0 Å². The van der Waals surface area contributed by atoms with Gasteiger partial charge in [-0.25, -0.2) is 9.78 Å². The number of carboxylic acids is 1. The molecule has 29 heavy (non-hydrogen) atoms. The second-order valence-electron chi connectivity index (χ2n) is 6.35. The normalized spacial score (nSPS) is 11.9. The van der Waals surface area contributed by atoms with Gasteiger partial charge >= 0.3 is 5.97 Å². The predicted molar refractivity (Wildman–Crippen MR) is 114 cm³/mol. The molecule has 0 aliphatic carbocycles. The minimum Gasteiger partial charge on any atom is -0.478 e. The fourth-order valence-electron chi connectivity index (χ4n) is 2.92. The Labute approximate surface area is 171 Å². The van der Waals surface area contributed by atoms with Crippen molar-refractivity contribution in [3.05, 3.63) is 64.4 Å². The van der Waals surface area contributed by atoms with Gasteiger partial charge in [0.05, 0.1) is 21.7 Å². The maximum Gasteiger partial charge on any atom is 0.335 e. The van der Waals surface area contributed by atoms with Gasteiger partial charge in [-0.15, -0.1) is 0 Å². The minimum absolute atomic E-state index is 0.0968. The number of nitrogens with zero attached hydrogens (tertiary/aromatic N) is 2. The molecule has 150 valence electrons. The van der Waals surface area contributed by atoms with Crippen molar-refractivity contribution in [1.29, 1.82) is 0 Å². The van der Waals surface area contributed by atoms with Gasteiger partial charge in [0.25, 0.3) is 5.56 Å². The Bertz CT molecular complexity index is 1130. The first-order chi connectivity index (χ1) is 13.9. The lowest BCUT2D eigenvalue weighted by molar-refractivity contribution is -0.115. The molecule has 0 bridgehead atoms. The van der Waals surface area contributed by atoms with Crippen molar-refractivity contribution in [3.63, 3.8) is 0 Å². The van der Waals surface area contributed by atoms with Crippen molar-refractivity contribution in [2.75, 3.05) is 5.32 Å². The quantitative estimate of drug-likeness (QED) is 0.455. The lowest BCUT2D eigenvalue weighted by Gasteiger charge is -2.17. The fraction of sp³-hybridized carbons (Fsp3) is 0.238. The van der Waals surface area contributed by atoms with Gasteiger partial charge in [0, 0.05) is 12.2 Å². The van der Waals surface area contributed by atoms with Gasteiger partial charge < -0.3 is 10.4 Å². The number of carbonyl (C=O) groups is 2. The number of rotatable bonds is 7. The van der Waals surface area contributed by atoms with Crippen LogP contribution in [0.5, 0.6) is 0 Å². The SMILES string of the molecule is CCC(Sc1nc2ccccc2c(=O)n1CC)C(=O)Nc1cccc(C(=O)O)c1. The number of thioether (sulfide) groups is 1. The first-order valence-corrected chi connectivity index (χ1v) is 10.1. The number of aromatic nitrogens is 2. The van der Waals surface area contributed by atoms with E-state index in [-0.39, 0.29) is 17.0 Å². The first-order valence-electron chi connectivity index (χ1n) is 9.25. The largest absolute Gasteiger partial charge is 0.478 e. The highest BCUT2D eigenvalue weighted by atomic mass is 32.2. The van der Waals surface area contributed by atoms with Crippen molar-refractivity contribution in [2.45, 2.75) is 37.2 Å². The van der Waals surface area contributed by atoms with Gasteiger partial charge in [-0.3, -0.25) is 14.2 Å². The average molecular weight is 411 g/mol. The highest BCUT2D eigenvalue weighted by Crippen LogP contribution is 2.26. The van der Waals surface area contributed by atoms with E-state index in [9.17, 15) is 14.4 Å². The van der Waals surface area contributed by atoms with Gasteiger partial charge in [-0.1, -0.05) is 36.9 Å². The Balaban J connectivity index is 1.88. The Morgan fingerprint density at radius 2 is 1.93 bits per heavy atom. The molecule has 1 aromatic heterocycles. The van der Waals surface area contributed by atoms with E-state index < -0.39 is 11.2 Å². The molecule has 0 saturated heterocycles. The Kier molecular flexibility index (Phi) is 6.33. The number of hydrogen-bond acceptors (Lipinski definition) is 5. The molecule has 3 rings (SSSR count). The molecule has 1 heterocycles. The van der Waals surface area contributed by atoms with E-state index in [0.29, 0.717) is 34.7 Å². The molecule has 3 aromatic rings. The van der Waals surface area contributed by atoms with Crippen LogP contribution in [-0.2, 0) is 11.3 Å². The van der Waals surface area contributed by atoms with Crippen LogP contribution in [0.1, 0.15) is 30.6 Å². The molecule has 1 unspecified atom stereocenters. The first kappa shape index (κ1) is 20.6. The molecule has 0 aliphatic rings. The van der Waals surface area contributed by atoms with Crippen LogP contribution >= 0.6 is 11.8 Å². The van der Waals surface area contributed by atoms with Crippen LogP contribution in [0.15, 0.2) is 58.5 Å². The summed E-state index contributed by atoms with van der Waals surface area (Å²) in [5, 5.41) is 12.4. The highest BCUT2D eigenvalue weighted by molar-refractivity contribution is 8.00. The number of fused-ring (bicyclic) bond motifs is 1. The summed E-state index contributed by atoms with van der Waals surface area (Å²) in [7, 11) is 0. The molecule has 2 aromatic carbocycles. The summed E-state index contributed by atoms with van der Waals surface area (Å²) < 4.78 is 1.56. The van der Waals surface area contributed by atoms with Crippen molar-refractivity contribution >= 4 is 40.2 Å². The number of anilines is 1. The second-order valence-corrected chi connectivity index (χ2v) is 7.52. The molecule has 2 N–H and O–H groups in total. The van der Waals surface area contributed by atoms with E-state index in [1.165, 1.54) is 23.9 Å². The van der Waals surface area contributed by atoms with E-state index in [1.54, 1.807) is 34.9 Å². The summed E-state index contributed by atoms with van der Waals surface area (Å²) in [5.74, 6) is -1.33. The summed E-state index contributed by atoms with van der Waals surface area (Å²) in [6.07, 6.45) is 0.515. The summed E-state index contributed by atoms with van der Waals surface area (Å²) in [5.41, 5.74) is 0.965. The standard InChI is InChI=1S/C21H21N3O4S/c1-3-17(18(25)22-14-9-7-8-13(12-14)20(27)28)29-21-23-16-11-6-5-10-15(16)19(26)24(21)4-2/h5-12,17H,3-4H2,1-2H3,(H,22,25)(H,27,28). The maximum atomic E-state index is 12.8. The summed E-state index contributed by atoms with van der Waals surface area (Å²) in [6, 6.07) is 13.2. The molecular formula is C21H21N3O4S. The third-order valence-electron chi connectivity index (χ3n) is 4.43. The summed E-state index contributed by atoms with van der Waals surface area (Å²) in [4.78, 5) is 41.3. The van der Waals surface area contributed by atoms with Crippen LogP contribution in [0, 0.1) is 0 Å². The average Bonchev–Trinajstić information content (AvgIpc) is 2.72. The molecule has 8 heteroatoms. The molecule has 0 aliphatic heterocycles. The zero-order valence-corrected chi connectivity index (χ0v) is 16.9. The summed E-state index contributed by atoms with van der Waals surface area (Å²) in [6.45, 7) is 4.18. The molecular weight excluding hydrogens is 390 g/mol. The Hall–Kier alpha value is -3.13. The van der Waals surface area contributed by atoms with Crippen molar-refractivity contribution in [3.8, 4) is 0 Å². The van der Waals surface area contributed by atoms with Crippen LogP contribution in [-0.4, -0.2) is 31.8 Å². The predicted octanol–water partition coefficient (Wildman–Crippen LogP) is 3.62. The van der Waals surface area contributed by atoms with Crippen LogP contribution in [0.25, 0.3) is 10.9 Å². The zero-order valence-electron chi connectivity index (χ0n) is 16.1. The number of para-hydroxylation sites is 1. The van der Waals surface area contributed by atoms with Crippen molar-refractivity contribution in [2.24, 2.45) is 0 Å². The molecule has 1 atom stereocenters. The summed E-state index contributed by atoms with van der Waals surface area (Å²) >= 11 is 1.23. The number of amides is 1. The lowest BCUT2D eigenvalue weighted by atomic mass is 10.2. The van der Waals surface area contributed by atoms with Crippen LogP contribution in [0.4, 0.5) is 5.69 Å². The number of carbonyl (C=O) groups excluding carboxylic acids is 1. The molecule has 1 amide bonds. The topological polar surface area (TPSA) is 101 Å². The highest BCUT2D eigenvalue weighted by Gasteiger charge is 2.22. The smallest absolute Gasteiger partial charge is 0.335 e. The number of nitrogens with one attached hydrogen (secondary N) is 1. The van der Waals surface area contributed by atoms with Gasteiger partial charge in [0.1, 0.15) is 0 Å². The molecule has 7 nitrogen and oxygen atoms in total. The monoisotopic (exact) mass is 411 g/mol. The Morgan fingerprint density at radius 3 is 2.62 bits per heavy atom. The fourth-order valence-corrected chi connectivity index (χ4v) is 4.00. The van der Waals surface area contributed by atoms with E-state index in [4.69, 9.17) is 5.11 Å². The van der Waals surface area contributed by atoms with E-state index in [1.807, 2.05) is 19.9 Å². The number of benzene rings is 2. The molecule has 0 radical (unpaired) electrons. The van der Waals surface area contributed by atoms with Crippen molar-refractivity contribution in [1.82, 2.24) is 9.55 Å². The number of carboxylic acid groups (broad SMARTS) is 1. The lowest BCUT2D eigenvalue weighted by Crippen LogP contribution is -2.28. The van der Waals surface area contributed by atoms with Gasteiger partial charge in [0.2, 0.25) is 5.91 Å². The zero-order chi connectivity index (χ0) is 21.0. The minimum atomic E-state index is -1.06. The number of hydrogen-bond donors (Lipinski definition) is 2. The number of aromatic carboxylic acids is 1.